The van der Waals surface area contributed by atoms with Gasteiger partial charge in [-0.15, -0.1) is 0 Å². The molecule has 1 fully saturated rings. The van der Waals surface area contributed by atoms with Gasteiger partial charge in [-0.25, -0.2) is 15.0 Å². The minimum absolute atomic E-state index is 0.0495. The Morgan fingerprint density at radius 2 is 1.95 bits per heavy atom. The van der Waals surface area contributed by atoms with E-state index in [0.29, 0.717) is 23.2 Å². The molecule has 0 unspecified atom stereocenters. The van der Waals surface area contributed by atoms with E-state index in [1.165, 1.54) is 0 Å². The number of fused-ring (bicyclic) bond motifs is 1. The van der Waals surface area contributed by atoms with E-state index in [9.17, 15) is 4.79 Å². The highest BCUT2D eigenvalue weighted by atomic mass is 35.5. The monoisotopic (exact) mass is 521 g/mol. The second-order valence-corrected chi connectivity index (χ2v) is 10.1. The normalized spacial score (nSPS) is 14.8. The predicted octanol–water partition coefficient (Wildman–Crippen LogP) is 3.46. The molecule has 1 aromatic carbocycles. The lowest BCUT2D eigenvalue weighted by atomic mass is 10.2. The highest BCUT2D eigenvalue weighted by molar-refractivity contribution is 6.35. The standard InChI is InChI=1S/C26H32ClN9O/c1-33-9-11-36(12-10-33)8-4-7-35(3)25(37)22-14-18-13-19(15-20(27)24(18)31-22)30-26-28-6-5-21(32-26)23-16-34(2)17-29-23/h5-6,13-17,31H,4,7-12H2,1-3H3,(H,28,30,32). The van der Waals surface area contributed by atoms with Gasteiger partial charge < -0.3 is 29.6 Å². The van der Waals surface area contributed by atoms with E-state index in [-0.39, 0.29) is 5.91 Å². The Morgan fingerprint density at radius 1 is 1.14 bits per heavy atom. The van der Waals surface area contributed by atoms with Crippen molar-refractivity contribution in [2.24, 2.45) is 7.05 Å². The number of aromatic nitrogens is 5. The molecule has 1 amide bonds. The second kappa shape index (κ2) is 10.9. The molecule has 0 atom stereocenters. The number of nitrogens with one attached hydrogen (secondary N) is 2. The number of aromatic amines is 1. The maximum atomic E-state index is 13.1. The van der Waals surface area contributed by atoms with Gasteiger partial charge in [-0.3, -0.25) is 4.79 Å². The third kappa shape index (κ3) is 5.93. The van der Waals surface area contributed by atoms with E-state index >= 15 is 0 Å². The molecule has 1 aliphatic heterocycles. The lowest BCUT2D eigenvalue weighted by Crippen LogP contribution is -2.45. The molecule has 194 valence electrons. The first-order valence-electron chi connectivity index (χ1n) is 12.4. The fourth-order valence-corrected chi connectivity index (χ4v) is 4.81. The van der Waals surface area contributed by atoms with Crippen molar-refractivity contribution in [1.82, 2.24) is 39.2 Å². The van der Waals surface area contributed by atoms with Gasteiger partial charge >= 0.3 is 0 Å². The Kier molecular flexibility index (Phi) is 7.40. The van der Waals surface area contributed by atoms with E-state index in [0.717, 1.165) is 67.1 Å². The lowest BCUT2D eigenvalue weighted by Gasteiger charge is -2.32. The molecule has 0 aliphatic carbocycles. The number of carbonyl (C=O) groups is 1. The summed E-state index contributed by atoms with van der Waals surface area (Å²) in [6.45, 7) is 6.08. The largest absolute Gasteiger partial charge is 0.349 e. The molecule has 0 spiro atoms. The van der Waals surface area contributed by atoms with Crippen LogP contribution < -0.4 is 5.32 Å². The van der Waals surface area contributed by atoms with Gasteiger partial charge in [0.15, 0.2) is 0 Å². The molecule has 1 aliphatic rings. The molecule has 2 N–H and O–H groups in total. The minimum Gasteiger partial charge on any atom is -0.349 e. The first kappa shape index (κ1) is 25.2. The number of likely N-dealkylation sites (N-methyl/N-ethyl adjacent to an activating group) is 1. The summed E-state index contributed by atoms with van der Waals surface area (Å²) in [6, 6.07) is 7.39. The summed E-state index contributed by atoms with van der Waals surface area (Å²) >= 11 is 6.58. The SMILES string of the molecule is CN1CCN(CCCN(C)C(=O)c2cc3cc(Nc4nccc(-c5cn(C)cn5)n4)cc(Cl)c3[nH]2)CC1. The van der Waals surface area contributed by atoms with E-state index in [1.54, 1.807) is 23.5 Å². The van der Waals surface area contributed by atoms with E-state index in [4.69, 9.17) is 11.6 Å². The smallest absolute Gasteiger partial charge is 0.270 e. The van der Waals surface area contributed by atoms with Crippen LogP contribution in [0.4, 0.5) is 11.6 Å². The number of imidazole rings is 1. The van der Waals surface area contributed by atoms with Gasteiger partial charge in [0.25, 0.3) is 5.91 Å². The van der Waals surface area contributed by atoms with Crippen LogP contribution in [0.15, 0.2) is 43.0 Å². The highest BCUT2D eigenvalue weighted by Gasteiger charge is 2.18. The number of aryl methyl sites for hydroxylation is 1. The molecule has 4 heterocycles. The van der Waals surface area contributed by atoms with Crippen molar-refractivity contribution >= 4 is 40.0 Å². The Labute approximate surface area is 221 Å². The van der Waals surface area contributed by atoms with Gasteiger partial charge in [-0.05, 0) is 44.3 Å². The Morgan fingerprint density at radius 3 is 2.70 bits per heavy atom. The third-order valence-electron chi connectivity index (χ3n) is 6.70. The molecule has 3 aromatic heterocycles. The minimum atomic E-state index is -0.0495. The summed E-state index contributed by atoms with van der Waals surface area (Å²) in [5.74, 6) is 0.386. The number of benzene rings is 1. The first-order chi connectivity index (χ1) is 17.9. The average Bonchev–Trinajstić information content (AvgIpc) is 3.52. The second-order valence-electron chi connectivity index (χ2n) is 9.65. The van der Waals surface area contributed by atoms with Crippen molar-refractivity contribution in [2.75, 3.05) is 58.7 Å². The fraction of sp³-hybridized carbons (Fsp3) is 0.385. The topological polar surface area (TPSA) is 98.2 Å². The van der Waals surface area contributed by atoms with Crippen LogP contribution in [0, 0.1) is 0 Å². The maximum Gasteiger partial charge on any atom is 0.270 e. The van der Waals surface area contributed by atoms with Crippen molar-refractivity contribution in [3.8, 4) is 11.4 Å². The summed E-state index contributed by atoms with van der Waals surface area (Å²) in [6.07, 6.45) is 6.26. The van der Waals surface area contributed by atoms with Crippen molar-refractivity contribution < 1.29 is 4.79 Å². The molecule has 37 heavy (non-hydrogen) atoms. The molecule has 5 rings (SSSR count). The van der Waals surface area contributed by atoms with Crippen LogP contribution in [0.3, 0.4) is 0 Å². The maximum absolute atomic E-state index is 13.1. The van der Waals surface area contributed by atoms with Crippen molar-refractivity contribution in [1.29, 1.82) is 0 Å². The van der Waals surface area contributed by atoms with Gasteiger partial charge in [0.2, 0.25) is 5.95 Å². The zero-order valence-electron chi connectivity index (χ0n) is 21.4. The number of halogens is 1. The molecule has 1 saturated heterocycles. The first-order valence-corrected chi connectivity index (χ1v) is 12.8. The number of carbonyl (C=O) groups excluding carboxylic acids is 1. The molecular weight excluding hydrogens is 490 g/mol. The van der Waals surface area contributed by atoms with E-state index < -0.39 is 0 Å². The van der Waals surface area contributed by atoms with E-state index in [2.05, 4.69) is 42.1 Å². The number of amides is 1. The molecular formula is C26H32ClN9O. The molecule has 4 aromatic rings. The summed E-state index contributed by atoms with van der Waals surface area (Å²) in [7, 11) is 5.92. The number of rotatable bonds is 8. The van der Waals surface area contributed by atoms with Gasteiger partial charge in [-0.2, -0.15) is 0 Å². The third-order valence-corrected chi connectivity index (χ3v) is 7.00. The molecule has 0 saturated carbocycles. The number of nitrogens with zero attached hydrogens (tertiary/aromatic N) is 7. The van der Waals surface area contributed by atoms with Crippen molar-refractivity contribution in [3.05, 3.63) is 53.7 Å². The Bertz CT molecular complexity index is 1390. The molecule has 0 radical (unpaired) electrons. The van der Waals surface area contributed by atoms with Gasteiger partial charge in [-0.1, -0.05) is 11.6 Å². The lowest BCUT2D eigenvalue weighted by molar-refractivity contribution is 0.0778. The predicted molar refractivity (Wildman–Crippen MR) is 146 cm³/mol. The summed E-state index contributed by atoms with van der Waals surface area (Å²) in [5.41, 5.74) is 3.46. The quantitative estimate of drug-likeness (QED) is 0.366. The van der Waals surface area contributed by atoms with E-state index in [1.807, 2.05) is 43.1 Å². The summed E-state index contributed by atoms with van der Waals surface area (Å²) in [5, 5.41) is 4.57. The highest BCUT2D eigenvalue weighted by Crippen LogP contribution is 2.30. The number of anilines is 2. The van der Waals surface area contributed by atoms with Gasteiger partial charge in [0.05, 0.1) is 22.6 Å². The van der Waals surface area contributed by atoms with Crippen LogP contribution in [-0.4, -0.2) is 98.5 Å². The van der Waals surface area contributed by atoms with Crippen LogP contribution in [-0.2, 0) is 7.05 Å². The molecule has 10 nitrogen and oxygen atoms in total. The fourth-order valence-electron chi connectivity index (χ4n) is 4.53. The van der Waals surface area contributed by atoms with Crippen LogP contribution in [0.2, 0.25) is 5.02 Å². The molecule has 0 bridgehead atoms. The van der Waals surface area contributed by atoms with Crippen LogP contribution >= 0.6 is 11.6 Å². The Balaban J connectivity index is 1.25. The van der Waals surface area contributed by atoms with Gasteiger partial charge in [0, 0.05) is 70.3 Å². The zero-order chi connectivity index (χ0) is 25.9. The Hall–Kier alpha value is -3.47. The average molecular weight is 522 g/mol. The molecule has 11 heteroatoms. The number of H-pyrrole nitrogens is 1. The van der Waals surface area contributed by atoms with Crippen LogP contribution in [0.5, 0.6) is 0 Å². The summed E-state index contributed by atoms with van der Waals surface area (Å²) in [4.78, 5) is 36.1. The van der Waals surface area contributed by atoms with Gasteiger partial charge in [0.1, 0.15) is 11.4 Å². The van der Waals surface area contributed by atoms with Crippen molar-refractivity contribution in [3.63, 3.8) is 0 Å². The zero-order valence-corrected chi connectivity index (χ0v) is 22.2. The van der Waals surface area contributed by atoms with Crippen LogP contribution in [0.25, 0.3) is 22.3 Å². The number of hydrogen-bond acceptors (Lipinski definition) is 7. The number of hydrogen-bond donors (Lipinski definition) is 2. The number of piperazine rings is 1. The van der Waals surface area contributed by atoms with Crippen LogP contribution in [0.1, 0.15) is 16.9 Å². The van der Waals surface area contributed by atoms with Crippen molar-refractivity contribution in [2.45, 2.75) is 6.42 Å². The summed E-state index contributed by atoms with van der Waals surface area (Å²) < 4.78 is 1.87.